The van der Waals surface area contributed by atoms with E-state index in [9.17, 15) is 4.79 Å². The van der Waals surface area contributed by atoms with Crippen molar-refractivity contribution in [1.82, 2.24) is 0 Å². The number of thiophene rings is 2. The van der Waals surface area contributed by atoms with Crippen molar-refractivity contribution in [1.29, 1.82) is 0 Å². The predicted octanol–water partition coefficient (Wildman–Crippen LogP) is 3.07. The standard InChI is InChI=1S/C10H10O2S2/c1-2-12-10(11)4-8-3-7-5-13-6-9(7)14-8/h3,5-6H,2,4H2,1H3. The third kappa shape index (κ3) is 1.96. The third-order valence-electron chi connectivity index (χ3n) is 1.84. The van der Waals surface area contributed by atoms with Crippen LogP contribution in [0.2, 0.25) is 0 Å². The quantitative estimate of drug-likeness (QED) is 0.752. The van der Waals surface area contributed by atoms with Crippen LogP contribution in [0.1, 0.15) is 11.8 Å². The van der Waals surface area contributed by atoms with Crippen molar-refractivity contribution in [2.75, 3.05) is 6.61 Å². The molecule has 2 rings (SSSR count). The van der Waals surface area contributed by atoms with Gasteiger partial charge in [0, 0.05) is 20.3 Å². The largest absolute Gasteiger partial charge is 0.466 e. The second-order valence-corrected chi connectivity index (χ2v) is 4.80. The monoisotopic (exact) mass is 226 g/mol. The van der Waals surface area contributed by atoms with Crippen molar-refractivity contribution in [3.8, 4) is 0 Å². The highest BCUT2D eigenvalue weighted by molar-refractivity contribution is 7.22. The van der Waals surface area contributed by atoms with E-state index in [2.05, 4.69) is 16.8 Å². The fourth-order valence-corrected chi connectivity index (χ4v) is 3.27. The van der Waals surface area contributed by atoms with Crippen LogP contribution < -0.4 is 0 Å². The topological polar surface area (TPSA) is 26.3 Å². The Morgan fingerprint density at radius 3 is 3.07 bits per heavy atom. The number of hydrogen-bond donors (Lipinski definition) is 0. The van der Waals surface area contributed by atoms with Crippen LogP contribution in [0.15, 0.2) is 16.8 Å². The zero-order valence-corrected chi connectivity index (χ0v) is 9.41. The first kappa shape index (κ1) is 9.68. The predicted molar refractivity (Wildman–Crippen MR) is 60.0 cm³/mol. The first-order valence-corrected chi connectivity index (χ1v) is 6.15. The van der Waals surface area contributed by atoms with Gasteiger partial charge in [0.05, 0.1) is 13.0 Å². The van der Waals surface area contributed by atoms with E-state index < -0.39 is 0 Å². The molecule has 2 nitrogen and oxygen atoms in total. The van der Waals surface area contributed by atoms with Gasteiger partial charge in [0.2, 0.25) is 0 Å². The fourth-order valence-electron chi connectivity index (χ4n) is 1.27. The molecule has 0 aliphatic carbocycles. The van der Waals surface area contributed by atoms with E-state index in [0.29, 0.717) is 13.0 Å². The Balaban J connectivity index is 2.11. The van der Waals surface area contributed by atoms with Crippen molar-refractivity contribution in [3.05, 3.63) is 21.7 Å². The highest BCUT2D eigenvalue weighted by Gasteiger charge is 2.07. The minimum Gasteiger partial charge on any atom is -0.466 e. The molecule has 0 spiro atoms. The van der Waals surface area contributed by atoms with Gasteiger partial charge in [0.1, 0.15) is 0 Å². The summed E-state index contributed by atoms with van der Waals surface area (Å²) in [4.78, 5) is 12.3. The molecule has 2 aromatic rings. The summed E-state index contributed by atoms with van der Waals surface area (Å²) in [5, 5.41) is 5.44. The van der Waals surface area contributed by atoms with Crippen molar-refractivity contribution in [2.45, 2.75) is 13.3 Å². The van der Waals surface area contributed by atoms with Crippen LogP contribution in [-0.4, -0.2) is 12.6 Å². The van der Waals surface area contributed by atoms with E-state index in [-0.39, 0.29) is 5.97 Å². The van der Waals surface area contributed by atoms with E-state index in [0.717, 1.165) is 4.88 Å². The third-order valence-corrected chi connectivity index (χ3v) is 3.84. The van der Waals surface area contributed by atoms with Crippen molar-refractivity contribution >= 4 is 38.7 Å². The molecule has 0 atom stereocenters. The highest BCUT2D eigenvalue weighted by atomic mass is 32.1. The summed E-state index contributed by atoms with van der Waals surface area (Å²) < 4.78 is 6.15. The zero-order valence-electron chi connectivity index (χ0n) is 7.78. The average Bonchev–Trinajstić information content (AvgIpc) is 2.63. The molecule has 14 heavy (non-hydrogen) atoms. The minimum atomic E-state index is -0.139. The molecule has 0 saturated carbocycles. The van der Waals surface area contributed by atoms with Crippen molar-refractivity contribution < 1.29 is 9.53 Å². The number of carbonyl (C=O) groups is 1. The smallest absolute Gasteiger partial charge is 0.311 e. The van der Waals surface area contributed by atoms with E-state index in [4.69, 9.17) is 4.74 Å². The van der Waals surface area contributed by atoms with Crippen LogP contribution in [-0.2, 0) is 16.0 Å². The minimum absolute atomic E-state index is 0.139. The van der Waals surface area contributed by atoms with E-state index in [1.54, 1.807) is 22.7 Å². The Labute approximate surface area is 90.1 Å². The summed E-state index contributed by atoms with van der Waals surface area (Å²) in [5.74, 6) is -0.139. The van der Waals surface area contributed by atoms with Gasteiger partial charge >= 0.3 is 5.97 Å². The van der Waals surface area contributed by atoms with Gasteiger partial charge in [-0.15, -0.1) is 11.3 Å². The second-order valence-electron chi connectivity index (χ2n) is 2.89. The summed E-state index contributed by atoms with van der Waals surface area (Å²) in [5.41, 5.74) is 0. The Bertz CT molecular complexity index is 413. The van der Waals surface area contributed by atoms with Gasteiger partial charge in [-0.25, -0.2) is 0 Å². The molecular formula is C10H10O2S2. The molecule has 74 valence electrons. The number of hydrogen-bond acceptors (Lipinski definition) is 4. The number of rotatable bonds is 3. The van der Waals surface area contributed by atoms with Gasteiger partial charge in [-0.1, -0.05) is 0 Å². The van der Waals surface area contributed by atoms with Crippen LogP contribution in [0.25, 0.3) is 10.1 Å². The Morgan fingerprint density at radius 1 is 1.50 bits per heavy atom. The molecule has 0 fully saturated rings. The lowest BCUT2D eigenvalue weighted by Gasteiger charge is -1.97. The lowest BCUT2D eigenvalue weighted by Crippen LogP contribution is -2.05. The Kier molecular flexibility index (Phi) is 2.84. The molecule has 0 radical (unpaired) electrons. The number of carbonyl (C=O) groups excluding carboxylic acids is 1. The molecule has 0 amide bonds. The maximum atomic E-state index is 11.2. The molecule has 4 heteroatoms. The maximum Gasteiger partial charge on any atom is 0.311 e. The normalized spacial score (nSPS) is 10.6. The first-order chi connectivity index (χ1) is 6.79. The summed E-state index contributed by atoms with van der Waals surface area (Å²) >= 11 is 3.36. The maximum absolute atomic E-state index is 11.2. The summed E-state index contributed by atoms with van der Waals surface area (Å²) in [7, 11) is 0. The molecular weight excluding hydrogens is 216 g/mol. The number of fused-ring (bicyclic) bond motifs is 1. The van der Waals surface area contributed by atoms with Crippen LogP contribution in [0.4, 0.5) is 0 Å². The zero-order chi connectivity index (χ0) is 9.97. The number of esters is 1. The lowest BCUT2D eigenvalue weighted by molar-refractivity contribution is -0.142. The SMILES string of the molecule is CCOC(=O)Cc1cc2cscc2s1. The fraction of sp³-hybridized carbons (Fsp3) is 0.300. The lowest BCUT2D eigenvalue weighted by atomic mass is 10.3. The summed E-state index contributed by atoms with van der Waals surface area (Å²) in [6, 6.07) is 2.06. The van der Waals surface area contributed by atoms with Crippen molar-refractivity contribution in [3.63, 3.8) is 0 Å². The molecule has 0 unspecified atom stereocenters. The second kappa shape index (κ2) is 4.11. The van der Waals surface area contributed by atoms with Crippen molar-refractivity contribution in [2.24, 2.45) is 0 Å². The molecule has 0 N–H and O–H groups in total. The molecule has 0 bridgehead atoms. The van der Waals surface area contributed by atoms with E-state index >= 15 is 0 Å². The highest BCUT2D eigenvalue weighted by Crippen LogP contribution is 2.29. The van der Waals surface area contributed by atoms with Gasteiger partial charge in [-0.2, -0.15) is 11.3 Å². The van der Waals surface area contributed by atoms with Crippen LogP contribution in [0.5, 0.6) is 0 Å². The van der Waals surface area contributed by atoms with Crippen LogP contribution in [0, 0.1) is 0 Å². The van der Waals surface area contributed by atoms with E-state index in [1.807, 2.05) is 6.92 Å². The molecule has 2 heterocycles. The molecule has 0 aliphatic heterocycles. The van der Waals surface area contributed by atoms with E-state index in [1.165, 1.54) is 10.1 Å². The van der Waals surface area contributed by atoms with Crippen LogP contribution in [0.3, 0.4) is 0 Å². The van der Waals surface area contributed by atoms with Gasteiger partial charge in [-0.05, 0) is 18.4 Å². The molecule has 2 aromatic heterocycles. The van der Waals surface area contributed by atoms with Gasteiger partial charge < -0.3 is 4.74 Å². The molecule has 0 saturated heterocycles. The van der Waals surface area contributed by atoms with Gasteiger partial charge in [0.25, 0.3) is 0 Å². The molecule has 0 aliphatic rings. The number of ether oxygens (including phenoxy) is 1. The summed E-state index contributed by atoms with van der Waals surface area (Å²) in [6.45, 7) is 2.28. The summed E-state index contributed by atoms with van der Waals surface area (Å²) in [6.07, 6.45) is 0.401. The first-order valence-electron chi connectivity index (χ1n) is 4.40. The van der Waals surface area contributed by atoms with Crippen LogP contribution >= 0.6 is 22.7 Å². The van der Waals surface area contributed by atoms with Gasteiger partial charge in [-0.3, -0.25) is 4.79 Å². The average molecular weight is 226 g/mol. The Morgan fingerprint density at radius 2 is 2.36 bits per heavy atom. The Hall–Kier alpha value is -0.870. The van der Waals surface area contributed by atoms with Gasteiger partial charge in [0.15, 0.2) is 0 Å². The molecule has 0 aromatic carbocycles.